The van der Waals surface area contributed by atoms with Crippen molar-refractivity contribution in [2.45, 2.75) is 11.6 Å². The smallest absolute Gasteiger partial charge is 0.225 e. The van der Waals surface area contributed by atoms with E-state index in [9.17, 15) is 9.18 Å². The van der Waals surface area contributed by atoms with Crippen LogP contribution < -0.4 is 5.32 Å². The summed E-state index contributed by atoms with van der Waals surface area (Å²) in [6, 6.07) is 18.4. The van der Waals surface area contributed by atoms with Crippen molar-refractivity contribution in [1.82, 2.24) is 15.2 Å². The Bertz CT molecular complexity index is 1260. The normalized spacial score (nSPS) is 11.5. The third-order valence-corrected chi connectivity index (χ3v) is 5.63. The molecular weight excluding hydrogens is 387 g/mol. The fourth-order valence-corrected chi connectivity index (χ4v) is 4.21. The van der Waals surface area contributed by atoms with Gasteiger partial charge in [0.05, 0.1) is 5.69 Å². The molecule has 0 aliphatic heterocycles. The molecule has 3 aromatic carbocycles. The van der Waals surface area contributed by atoms with Gasteiger partial charge in [0.25, 0.3) is 0 Å². The van der Waals surface area contributed by atoms with Gasteiger partial charge in [0.1, 0.15) is 17.2 Å². The highest BCUT2D eigenvalue weighted by Crippen LogP contribution is 2.44. The van der Waals surface area contributed by atoms with Crippen molar-refractivity contribution in [2.75, 3.05) is 11.1 Å². The summed E-state index contributed by atoms with van der Waals surface area (Å²) in [5, 5.41) is 14.0. The van der Waals surface area contributed by atoms with E-state index in [1.165, 1.54) is 23.9 Å². The number of thioether (sulfide) groups is 1. The quantitative estimate of drug-likeness (QED) is 0.422. The second-order valence-corrected chi connectivity index (χ2v) is 7.69. The van der Waals surface area contributed by atoms with Gasteiger partial charge in [0.2, 0.25) is 11.1 Å². The van der Waals surface area contributed by atoms with Crippen LogP contribution in [0.5, 0.6) is 0 Å². The molecule has 0 fully saturated rings. The molecule has 0 saturated heterocycles. The summed E-state index contributed by atoms with van der Waals surface area (Å²) in [4.78, 5) is 16.8. The summed E-state index contributed by atoms with van der Waals surface area (Å²) < 4.78 is 13.6. The molecule has 0 unspecified atom stereocenters. The van der Waals surface area contributed by atoms with Gasteiger partial charge in [-0.2, -0.15) is 0 Å². The van der Waals surface area contributed by atoms with Crippen LogP contribution in [0.1, 0.15) is 6.42 Å². The van der Waals surface area contributed by atoms with Crippen LogP contribution in [0.15, 0.2) is 65.8 Å². The SMILES string of the molecule is O=C(CCSc1nnc2c(n1)-c1cccc3cccc-2c13)Nc1ccccc1F. The van der Waals surface area contributed by atoms with Crippen molar-refractivity contribution in [1.29, 1.82) is 0 Å². The van der Waals surface area contributed by atoms with E-state index in [2.05, 4.69) is 32.6 Å². The summed E-state index contributed by atoms with van der Waals surface area (Å²) in [6.45, 7) is 0. The molecule has 5 rings (SSSR count). The van der Waals surface area contributed by atoms with E-state index in [1.807, 2.05) is 24.3 Å². The monoisotopic (exact) mass is 402 g/mol. The molecule has 5 nitrogen and oxygen atoms in total. The zero-order valence-corrected chi connectivity index (χ0v) is 16.0. The largest absolute Gasteiger partial charge is 0.324 e. The highest BCUT2D eigenvalue weighted by Gasteiger charge is 2.24. The Hall–Kier alpha value is -3.32. The molecule has 0 atom stereocenters. The second kappa shape index (κ2) is 7.25. The first kappa shape index (κ1) is 17.8. The van der Waals surface area contributed by atoms with Crippen molar-refractivity contribution in [3.05, 3.63) is 66.5 Å². The van der Waals surface area contributed by atoms with E-state index < -0.39 is 5.82 Å². The zero-order valence-electron chi connectivity index (χ0n) is 15.2. The molecule has 1 aromatic heterocycles. The van der Waals surface area contributed by atoms with Crippen molar-refractivity contribution in [3.8, 4) is 22.5 Å². The highest BCUT2D eigenvalue weighted by atomic mass is 32.2. The number of carbonyl (C=O) groups excluding carboxylic acids is 1. The molecule has 1 heterocycles. The predicted molar refractivity (Wildman–Crippen MR) is 112 cm³/mol. The van der Waals surface area contributed by atoms with Crippen LogP contribution in [0.2, 0.25) is 0 Å². The third-order valence-electron chi connectivity index (χ3n) is 4.79. The first-order chi connectivity index (χ1) is 14.2. The number of amides is 1. The van der Waals surface area contributed by atoms with Gasteiger partial charge in [0, 0.05) is 28.7 Å². The van der Waals surface area contributed by atoms with Gasteiger partial charge >= 0.3 is 0 Å². The van der Waals surface area contributed by atoms with Crippen molar-refractivity contribution < 1.29 is 9.18 Å². The number of nitrogens with zero attached hydrogens (tertiary/aromatic N) is 3. The topological polar surface area (TPSA) is 67.8 Å². The number of halogens is 1. The molecule has 0 bridgehead atoms. The molecule has 29 heavy (non-hydrogen) atoms. The molecule has 0 spiro atoms. The Morgan fingerprint density at radius 1 is 0.931 bits per heavy atom. The number of nitrogens with one attached hydrogen (secondary N) is 1. The van der Waals surface area contributed by atoms with Crippen LogP contribution in [0.4, 0.5) is 10.1 Å². The molecule has 1 aliphatic rings. The Morgan fingerprint density at radius 2 is 1.69 bits per heavy atom. The summed E-state index contributed by atoms with van der Waals surface area (Å²) >= 11 is 1.36. The fraction of sp³-hybridized carbons (Fsp3) is 0.0909. The summed E-state index contributed by atoms with van der Waals surface area (Å²) in [5.41, 5.74) is 3.91. The molecular formula is C22H15FN4OS. The Labute approximate surface area is 170 Å². The Morgan fingerprint density at radius 3 is 2.48 bits per heavy atom. The number of fused-ring (bicyclic) bond motifs is 3. The van der Waals surface area contributed by atoms with E-state index in [0.29, 0.717) is 10.9 Å². The first-order valence-corrected chi connectivity index (χ1v) is 10.1. The number of carbonyl (C=O) groups is 1. The average molecular weight is 402 g/mol. The number of benzene rings is 3. The molecule has 142 valence electrons. The van der Waals surface area contributed by atoms with E-state index in [4.69, 9.17) is 0 Å². The molecule has 1 amide bonds. The number of hydrogen-bond donors (Lipinski definition) is 1. The van der Waals surface area contributed by atoms with Gasteiger partial charge in [-0.25, -0.2) is 9.37 Å². The van der Waals surface area contributed by atoms with Crippen LogP contribution in [-0.4, -0.2) is 26.8 Å². The lowest BCUT2D eigenvalue weighted by Crippen LogP contribution is -2.13. The van der Waals surface area contributed by atoms with E-state index in [1.54, 1.807) is 12.1 Å². The maximum absolute atomic E-state index is 13.6. The number of para-hydroxylation sites is 1. The number of anilines is 1. The lowest BCUT2D eigenvalue weighted by atomic mass is 10.0. The van der Waals surface area contributed by atoms with Crippen molar-refractivity contribution >= 4 is 34.1 Å². The Balaban J connectivity index is 1.29. The van der Waals surface area contributed by atoms with Crippen LogP contribution in [0.3, 0.4) is 0 Å². The van der Waals surface area contributed by atoms with Gasteiger partial charge in [-0.15, -0.1) is 10.2 Å². The Kier molecular flexibility index (Phi) is 4.44. The van der Waals surface area contributed by atoms with E-state index in [-0.39, 0.29) is 18.0 Å². The average Bonchev–Trinajstić information content (AvgIpc) is 3.05. The number of aromatic nitrogens is 3. The van der Waals surface area contributed by atoms with Crippen molar-refractivity contribution in [2.24, 2.45) is 0 Å². The van der Waals surface area contributed by atoms with E-state index >= 15 is 0 Å². The van der Waals surface area contributed by atoms with Gasteiger partial charge in [-0.3, -0.25) is 4.79 Å². The van der Waals surface area contributed by atoms with Crippen LogP contribution in [0, 0.1) is 5.82 Å². The fourth-order valence-electron chi connectivity index (χ4n) is 3.49. The number of rotatable bonds is 5. The lowest BCUT2D eigenvalue weighted by molar-refractivity contribution is -0.115. The van der Waals surface area contributed by atoms with Crippen LogP contribution in [-0.2, 0) is 4.79 Å². The summed E-state index contributed by atoms with van der Waals surface area (Å²) in [7, 11) is 0. The predicted octanol–water partition coefficient (Wildman–Crippen LogP) is 4.93. The molecule has 0 radical (unpaired) electrons. The van der Waals surface area contributed by atoms with Gasteiger partial charge in [-0.05, 0) is 17.5 Å². The minimum absolute atomic E-state index is 0.184. The van der Waals surface area contributed by atoms with Crippen molar-refractivity contribution in [3.63, 3.8) is 0 Å². The maximum atomic E-state index is 13.6. The zero-order chi connectivity index (χ0) is 19.8. The van der Waals surface area contributed by atoms with Gasteiger partial charge < -0.3 is 5.32 Å². The first-order valence-electron chi connectivity index (χ1n) is 9.15. The van der Waals surface area contributed by atoms with Gasteiger partial charge in [-0.1, -0.05) is 60.3 Å². The van der Waals surface area contributed by atoms with Crippen LogP contribution in [0.25, 0.3) is 33.3 Å². The second-order valence-electron chi connectivity index (χ2n) is 6.63. The minimum atomic E-state index is -0.451. The van der Waals surface area contributed by atoms with E-state index in [0.717, 1.165) is 33.3 Å². The maximum Gasteiger partial charge on any atom is 0.225 e. The highest BCUT2D eigenvalue weighted by molar-refractivity contribution is 7.99. The van der Waals surface area contributed by atoms with Crippen LogP contribution >= 0.6 is 11.8 Å². The minimum Gasteiger partial charge on any atom is -0.324 e. The number of hydrogen-bond acceptors (Lipinski definition) is 5. The lowest BCUT2D eigenvalue weighted by Gasteiger charge is -2.06. The molecule has 4 aromatic rings. The molecule has 0 saturated carbocycles. The standard InChI is InChI=1S/C22H15FN4OS/c23-16-9-1-2-10-17(16)24-18(28)11-12-29-22-25-20-14-7-3-5-13-6-4-8-15(19(13)14)21(20)26-27-22/h1-10H,11-12H2,(H,24,28). The molecule has 1 N–H and O–H groups in total. The molecule has 1 aliphatic carbocycles. The van der Waals surface area contributed by atoms with Gasteiger partial charge in [0.15, 0.2) is 0 Å². The third kappa shape index (κ3) is 3.23. The summed E-state index contributed by atoms with van der Waals surface area (Å²) in [5.74, 6) is -0.236. The summed E-state index contributed by atoms with van der Waals surface area (Å²) in [6.07, 6.45) is 0.218. The molecule has 7 heteroatoms.